The second-order valence-corrected chi connectivity index (χ2v) is 5.89. The number of methoxy groups -OCH3 is 2. The van der Waals surface area contributed by atoms with Crippen molar-refractivity contribution in [3.05, 3.63) is 65.3 Å². The van der Waals surface area contributed by atoms with Gasteiger partial charge < -0.3 is 20.1 Å². The minimum absolute atomic E-state index is 0.175. The quantitative estimate of drug-likeness (QED) is 0.664. The number of ether oxygens (including phenoxy) is 2. The zero-order valence-corrected chi connectivity index (χ0v) is 15.4. The van der Waals surface area contributed by atoms with Gasteiger partial charge in [0.1, 0.15) is 11.5 Å². The summed E-state index contributed by atoms with van der Waals surface area (Å²) in [4.78, 5) is 12.4. The van der Waals surface area contributed by atoms with Crippen molar-refractivity contribution in [1.29, 1.82) is 0 Å². The number of rotatable bonds is 6. The number of anilines is 3. The first-order valence-corrected chi connectivity index (χ1v) is 8.36. The van der Waals surface area contributed by atoms with Crippen LogP contribution in [0, 0.1) is 0 Å². The number of amides is 1. The zero-order chi connectivity index (χ0) is 19.2. The molecule has 0 aliphatic heterocycles. The van der Waals surface area contributed by atoms with Crippen LogP contribution in [0.4, 0.5) is 17.2 Å². The predicted molar refractivity (Wildman–Crippen MR) is 104 cm³/mol. The van der Waals surface area contributed by atoms with Crippen molar-refractivity contribution in [2.24, 2.45) is 0 Å². The maximum Gasteiger partial charge on any atom is 0.276 e. The highest BCUT2D eigenvalue weighted by atomic mass is 35.5. The average Bonchev–Trinajstić information content (AvgIpc) is 2.70. The molecular formula is C19H17ClN4O3. The monoisotopic (exact) mass is 384 g/mol. The Morgan fingerprint density at radius 2 is 1.74 bits per heavy atom. The Kier molecular flexibility index (Phi) is 5.73. The maximum absolute atomic E-state index is 12.4. The van der Waals surface area contributed by atoms with Crippen molar-refractivity contribution in [1.82, 2.24) is 10.2 Å². The Hall–Kier alpha value is -3.32. The first-order valence-electron chi connectivity index (χ1n) is 7.99. The summed E-state index contributed by atoms with van der Waals surface area (Å²) in [5.74, 6) is 1.22. The van der Waals surface area contributed by atoms with Gasteiger partial charge in [-0.05, 0) is 48.5 Å². The van der Waals surface area contributed by atoms with Crippen molar-refractivity contribution in [3.8, 4) is 11.5 Å². The van der Waals surface area contributed by atoms with E-state index < -0.39 is 5.91 Å². The zero-order valence-electron chi connectivity index (χ0n) is 14.7. The minimum Gasteiger partial charge on any atom is -0.497 e. The van der Waals surface area contributed by atoms with Gasteiger partial charge in [0.05, 0.1) is 19.9 Å². The fourth-order valence-electron chi connectivity index (χ4n) is 2.29. The molecule has 0 saturated heterocycles. The van der Waals surface area contributed by atoms with Crippen LogP contribution in [0.5, 0.6) is 11.5 Å². The molecule has 0 aliphatic carbocycles. The van der Waals surface area contributed by atoms with Gasteiger partial charge in [-0.2, -0.15) is 0 Å². The third-order valence-corrected chi connectivity index (χ3v) is 3.92. The highest BCUT2D eigenvalue weighted by Crippen LogP contribution is 2.29. The predicted octanol–water partition coefficient (Wildman–Crippen LogP) is 4.14. The van der Waals surface area contributed by atoms with E-state index >= 15 is 0 Å². The van der Waals surface area contributed by atoms with Crippen molar-refractivity contribution in [2.75, 3.05) is 24.9 Å². The van der Waals surface area contributed by atoms with Crippen molar-refractivity contribution >= 4 is 34.7 Å². The third kappa shape index (κ3) is 4.65. The van der Waals surface area contributed by atoms with E-state index in [1.807, 2.05) is 12.1 Å². The van der Waals surface area contributed by atoms with Gasteiger partial charge in [0.2, 0.25) is 0 Å². The molecule has 0 atom stereocenters. The average molecular weight is 385 g/mol. The summed E-state index contributed by atoms with van der Waals surface area (Å²) in [5.41, 5.74) is 1.50. The minimum atomic E-state index is -0.399. The summed E-state index contributed by atoms with van der Waals surface area (Å²) in [6.45, 7) is 0. The molecule has 1 amide bonds. The molecule has 1 aromatic heterocycles. The smallest absolute Gasteiger partial charge is 0.276 e. The number of benzene rings is 2. The van der Waals surface area contributed by atoms with Gasteiger partial charge in [-0.25, -0.2) is 0 Å². The highest BCUT2D eigenvalue weighted by molar-refractivity contribution is 6.30. The molecule has 27 heavy (non-hydrogen) atoms. The fraction of sp³-hybridized carbons (Fsp3) is 0.105. The molecule has 3 aromatic rings. The van der Waals surface area contributed by atoms with E-state index in [2.05, 4.69) is 20.8 Å². The molecule has 8 heteroatoms. The van der Waals surface area contributed by atoms with E-state index in [0.29, 0.717) is 28.0 Å². The molecule has 7 nitrogen and oxygen atoms in total. The first kappa shape index (κ1) is 18.5. The lowest BCUT2D eigenvalue weighted by Gasteiger charge is -2.11. The molecule has 3 rings (SSSR count). The molecule has 0 radical (unpaired) electrons. The Morgan fingerprint density at radius 3 is 2.37 bits per heavy atom. The maximum atomic E-state index is 12.4. The van der Waals surface area contributed by atoms with E-state index in [1.165, 1.54) is 7.11 Å². The number of nitrogens with zero attached hydrogens (tertiary/aromatic N) is 2. The second kappa shape index (κ2) is 8.37. The number of aromatic nitrogens is 2. The van der Waals surface area contributed by atoms with Gasteiger partial charge in [0.15, 0.2) is 11.5 Å². The van der Waals surface area contributed by atoms with Gasteiger partial charge in [-0.3, -0.25) is 4.79 Å². The summed E-state index contributed by atoms with van der Waals surface area (Å²) < 4.78 is 10.4. The van der Waals surface area contributed by atoms with Gasteiger partial charge in [0, 0.05) is 16.8 Å². The van der Waals surface area contributed by atoms with Crippen LogP contribution in [0.25, 0.3) is 0 Å². The number of carbonyl (C=O) groups is 1. The van der Waals surface area contributed by atoms with E-state index in [0.717, 1.165) is 5.69 Å². The SMILES string of the molecule is COc1ccc(NC(=O)c2ccc(Nc3ccc(Cl)cc3)nn2)c(OC)c1. The molecule has 2 aromatic carbocycles. The molecule has 0 bridgehead atoms. The Balaban J connectivity index is 1.69. The summed E-state index contributed by atoms with van der Waals surface area (Å²) in [7, 11) is 3.07. The van der Waals surface area contributed by atoms with Gasteiger partial charge in [0.25, 0.3) is 5.91 Å². The van der Waals surface area contributed by atoms with Gasteiger partial charge in [-0.15, -0.1) is 10.2 Å². The van der Waals surface area contributed by atoms with E-state index in [4.69, 9.17) is 21.1 Å². The molecule has 0 unspecified atom stereocenters. The lowest BCUT2D eigenvalue weighted by atomic mass is 10.2. The van der Waals surface area contributed by atoms with Crippen molar-refractivity contribution in [3.63, 3.8) is 0 Å². The largest absolute Gasteiger partial charge is 0.497 e. The van der Waals surface area contributed by atoms with Crippen LogP contribution in [0.15, 0.2) is 54.6 Å². The van der Waals surface area contributed by atoms with Crippen LogP contribution in [0.1, 0.15) is 10.5 Å². The Bertz CT molecular complexity index is 931. The van der Waals surface area contributed by atoms with E-state index in [1.54, 1.807) is 49.6 Å². The number of nitrogens with one attached hydrogen (secondary N) is 2. The van der Waals surface area contributed by atoms with Crippen LogP contribution < -0.4 is 20.1 Å². The number of carbonyl (C=O) groups excluding carboxylic acids is 1. The number of halogens is 1. The summed E-state index contributed by atoms with van der Waals surface area (Å²) in [6, 6.07) is 15.5. The second-order valence-electron chi connectivity index (χ2n) is 5.46. The normalized spacial score (nSPS) is 10.2. The molecule has 1 heterocycles. The molecule has 138 valence electrons. The molecule has 0 saturated carbocycles. The van der Waals surface area contributed by atoms with Crippen LogP contribution in [0.2, 0.25) is 5.02 Å². The Labute approximate surface area is 161 Å². The van der Waals surface area contributed by atoms with Gasteiger partial charge >= 0.3 is 0 Å². The number of hydrogen-bond donors (Lipinski definition) is 2. The molecule has 0 fully saturated rings. The van der Waals surface area contributed by atoms with E-state index in [9.17, 15) is 4.79 Å². The van der Waals surface area contributed by atoms with E-state index in [-0.39, 0.29) is 5.69 Å². The first-order chi connectivity index (χ1) is 13.1. The van der Waals surface area contributed by atoms with Crippen molar-refractivity contribution in [2.45, 2.75) is 0 Å². The Morgan fingerprint density at radius 1 is 0.963 bits per heavy atom. The van der Waals surface area contributed by atoms with Crippen LogP contribution >= 0.6 is 11.6 Å². The third-order valence-electron chi connectivity index (χ3n) is 3.67. The molecular weight excluding hydrogens is 368 g/mol. The van der Waals surface area contributed by atoms with Gasteiger partial charge in [-0.1, -0.05) is 11.6 Å². The molecule has 0 spiro atoms. The number of hydrogen-bond acceptors (Lipinski definition) is 6. The van der Waals surface area contributed by atoms with Crippen LogP contribution in [-0.4, -0.2) is 30.3 Å². The fourth-order valence-corrected chi connectivity index (χ4v) is 2.42. The lowest BCUT2D eigenvalue weighted by molar-refractivity contribution is 0.102. The van der Waals surface area contributed by atoms with Crippen LogP contribution in [-0.2, 0) is 0 Å². The van der Waals surface area contributed by atoms with Crippen LogP contribution in [0.3, 0.4) is 0 Å². The van der Waals surface area contributed by atoms with Crippen molar-refractivity contribution < 1.29 is 14.3 Å². The standard InChI is InChI=1S/C19H17ClN4O3/c1-26-14-7-8-15(17(11-14)27-2)22-19(25)16-9-10-18(24-23-16)21-13-5-3-12(20)4-6-13/h3-11H,1-2H3,(H,21,24)(H,22,25). The topological polar surface area (TPSA) is 85.4 Å². The summed E-state index contributed by atoms with van der Waals surface area (Å²) >= 11 is 5.86. The summed E-state index contributed by atoms with van der Waals surface area (Å²) in [5, 5.41) is 14.5. The highest BCUT2D eigenvalue weighted by Gasteiger charge is 2.12. The molecule has 2 N–H and O–H groups in total. The molecule has 0 aliphatic rings. The summed E-state index contributed by atoms with van der Waals surface area (Å²) in [6.07, 6.45) is 0. The lowest BCUT2D eigenvalue weighted by Crippen LogP contribution is -2.15.